The molecule has 1 aliphatic heterocycles. The Kier molecular flexibility index (Phi) is 4.50. The van der Waals surface area contributed by atoms with Crippen LogP contribution in [-0.4, -0.2) is 30.5 Å². The number of hydrogen-bond acceptors (Lipinski definition) is 8. The second kappa shape index (κ2) is 6.97. The summed E-state index contributed by atoms with van der Waals surface area (Å²) in [5.41, 5.74) is 0.974. The van der Waals surface area contributed by atoms with Crippen LogP contribution in [0.1, 0.15) is 15.9 Å². The maximum atomic E-state index is 12.4. The van der Waals surface area contributed by atoms with Crippen LogP contribution in [0.25, 0.3) is 0 Å². The van der Waals surface area contributed by atoms with Crippen molar-refractivity contribution in [3.8, 4) is 11.5 Å². The number of rotatable bonds is 5. The van der Waals surface area contributed by atoms with Gasteiger partial charge in [0.25, 0.3) is 11.1 Å². The molecule has 8 nitrogen and oxygen atoms in total. The summed E-state index contributed by atoms with van der Waals surface area (Å²) in [4.78, 5) is 16.3. The van der Waals surface area contributed by atoms with E-state index >= 15 is 0 Å². The standard InChI is InChI=1S/C17H13N3O5S2/c21-15(12-6-7-13-14(8-12)25-10-24-13)18-16-19-17(20-26-16)27(22,23)9-11-4-2-1-3-5-11/h1-8H,9-10H2,(H,18,19,20,21). The number of carbonyl (C=O) groups excluding carboxylic acids is 1. The number of sulfone groups is 1. The SMILES string of the molecule is O=C(Nc1nc(S(=O)(=O)Cc2ccccc2)ns1)c1ccc2c(c1)OCO2. The minimum absolute atomic E-state index is 0.101. The van der Waals surface area contributed by atoms with Crippen molar-refractivity contribution in [3.05, 3.63) is 59.7 Å². The molecule has 0 atom stereocenters. The molecule has 4 rings (SSSR count). The second-order valence-electron chi connectivity index (χ2n) is 5.65. The molecule has 0 saturated carbocycles. The molecule has 1 aliphatic rings. The van der Waals surface area contributed by atoms with Crippen LogP contribution in [0, 0.1) is 0 Å². The molecule has 0 radical (unpaired) electrons. The van der Waals surface area contributed by atoms with E-state index in [0.29, 0.717) is 22.6 Å². The monoisotopic (exact) mass is 403 g/mol. The molecule has 2 heterocycles. The van der Waals surface area contributed by atoms with Gasteiger partial charge in [0, 0.05) is 17.1 Å². The molecular formula is C17H13N3O5S2. The van der Waals surface area contributed by atoms with E-state index in [0.717, 1.165) is 11.5 Å². The van der Waals surface area contributed by atoms with Crippen LogP contribution >= 0.6 is 11.5 Å². The van der Waals surface area contributed by atoms with Gasteiger partial charge >= 0.3 is 0 Å². The maximum Gasteiger partial charge on any atom is 0.261 e. The topological polar surface area (TPSA) is 107 Å². The Morgan fingerprint density at radius 3 is 2.70 bits per heavy atom. The molecule has 10 heteroatoms. The summed E-state index contributed by atoms with van der Waals surface area (Å²) in [6.07, 6.45) is 0. The predicted octanol–water partition coefficient (Wildman–Crippen LogP) is 2.49. The smallest absolute Gasteiger partial charge is 0.261 e. The summed E-state index contributed by atoms with van der Waals surface area (Å²) in [6.45, 7) is 0.111. The summed E-state index contributed by atoms with van der Waals surface area (Å²) in [6, 6.07) is 13.5. The first-order valence-electron chi connectivity index (χ1n) is 7.83. The first-order valence-corrected chi connectivity index (χ1v) is 10.3. The molecule has 0 unspecified atom stereocenters. The van der Waals surface area contributed by atoms with Gasteiger partial charge in [0.1, 0.15) is 0 Å². The van der Waals surface area contributed by atoms with Crippen LogP contribution < -0.4 is 14.8 Å². The third kappa shape index (κ3) is 3.76. The molecule has 2 aromatic carbocycles. The van der Waals surface area contributed by atoms with Gasteiger partial charge in [0.2, 0.25) is 21.8 Å². The maximum absolute atomic E-state index is 12.4. The van der Waals surface area contributed by atoms with Gasteiger partial charge in [0.05, 0.1) is 5.75 Å². The van der Waals surface area contributed by atoms with E-state index in [-0.39, 0.29) is 22.8 Å². The largest absolute Gasteiger partial charge is 0.454 e. The zero-order valence-electron chi connectivity index (χ0n) is 13.8. The van der Waals surface area contributed by atoms with Crippen LogP contribution in [0.15, 0.2) is 53.7 Å². The lowest BCUT2D eigenvalue weighted by molar-refractivity contribution is 0.102. The van der Waals surface area contributed by atoms with Crippen molar-refractivity contribution < 1.29 is 22.7 Å². The zero-order chi connectivity index (χ0) is 18.9. The quantitative estimate of drug-likeness (QED) is 0.697. The van der Waals surface area contributed by atoms with Crippen molar-refractivity contribution in [3.63, 3.8) is 0 Å². The second-order valence-corrected chi connectivity index (χ2v) is 8.28. The summed E-state index contributed by atoms with van der Waals surface area (Å²) < 4.78 is 39.2. The van der Waals surface area contributed by atoms with Crippen LogP contribution in [0.2, 0.25) is 0 Å². The number of fused-ring (bicyclic) bond motifs is 1. The average molecular weight is 403 g/mol. The Bertz CT molecular complexity index is 1100. The lowest BCUT2D eigenvalue weighted by Gasteiger charge is -2.03. The summed E-state index contributed by atoms with van der Waals surface area (Å²) in [5, 5.41) is 2.34. The fraction of sp³-hybridized carbons (Fsp3) is 0.118. The molecule has 27 heavy (non-hydrogen) atoms. The molecule has 1 N–H and O–H groups in total. The van der Waals surface area contributed by atoms with Gasteiger partial charge in [-0.1, -0.05) is 30.3 Å². The highest BCUT2D eigenvalue weighted by atomic mass is 32.2. The summed E-state index contributed by atoms with van der Waals surface area (Å²) >= 11 is 0.807. The molecule has 0 fully saturated rings. The number of anilines is 1. The lowest BCUT2D eigenvalue weighted by atomic mass is 10.2. The van der Waals surface area contributed by atoms with E-state index in [1.165, 1.54) is 0 Å². The van der Waals surface area contributed by atoms with E-state index in [9.17, 15) is 13.2 Å². The highest BCUT2D eigenvalue weighted by Gasteiger charge is 2.22. The van der Waals surface area contributed by atoms with Crippen molar-refractivity contribution in [2.45, 2.75) is 10.9 Å². The van der Waals surface area contributed by atoms with Crippen LogP contribution in [0.4, 0.5) is 5.13 Å². The summed E-state index contributed by atoms with van der Waals surface area (Å²) in [5.74, 6) is 0.388. The van der Waals surface area contributed by atoms with Crippen molar-refractivity contribution in [2.24, 2.45) is 0 Å². The van der Waals surface area contributed by atoms with Gasteiger partial charge in [-0.3, -0.25) is 10.1 Å². The Labute approximate surface area is 158 Å². The van der Waals surface area contributed by atoms with Gasteiger partial charge in [-0.25, -0.2) is 8.42 Å². The van der Waals surface area contributed by atoms with Crippen molar-refractivity contribution in [2.75, 3.05) is 12.1 Å². The van der Waals surface area contributed by atoms with Gasteiger partial charge < -0.3 is 9.47 Å². The molecule has 0 spiro atoms. The van der Waals surface area contributed by atoms with Crippen molar-refractivity contribution in [1.82, 2.24) is 9.36 Å². The number of hydrogen-bond donors (Lipinski definition) is 1. The number of aromatic nitrogens is 2. The highest BCUT2D eigenvalue weighted by molar-refractivity contribution is 7.90. The first kappa shape index (κ1) is 17.4. The number of carbonyl (C=O) groups is 1. The van der Waals surface area contributed by atoms with Crippen molar-refractivity contribution in [1.29, 1.82) is 0 Å². The minimum Gasteiger partial charge on any atom is -0.454 e. The van der Waals surface area contributed by atoms with Crippen LogP contribution in [-0.2, 0) is 15.6 Å². The molecule has 3 aromatic rings. The fourth-order valence-electron chi connectivity index (χ4n) is 2.45. The van der Waals surface area contributed by atoms with Gasteiger partial charge in [-0.05, 0) is 23.8 Å². The Balaban J connectivity index is 1.48. The molecule has 0 aliphatic carbocycles. The Morgan fingerprint density at radius 2 is 1.89 bits per heavy atom. The molecule has 138 valence electrons. The Morgan fingerprint density at radius 1 is 1.11 bits per heavy atom. The fourth-order valence-corrected chi connectivity index (χ4v) is 4.54. The normalized spacial score (nSPS) is 12.7. The van der Waals surface area contributed by atoms with Gasteiger partial charge in [0.15, 0.2) is 11.5 Å². The molecule has 1 aromatic heterocycles. The number of benzene rings is 2. The molecule has 0 saturated heterocycles. The van der Waals surface area contributed by atoms with Crippen molar-refractivity contribution >= 4 is 32.4 Å². The van der Waals surface area contributed by atoms with E-state index in [1.54, 1.807) is 48.5 Å². The third-order valence-electron chi connectivity index (χ3n) is 3.74. The number of nitrogens with zero attached hydrogens (tertiary/aromatic N) is 2. The number of ether oxygens (including phenoxy) is 2. The molecule has 1 amide bonds. The minimum atomic E-state index is -3.70. The highest BCUT2D eigenvalue weighted by Crippen LogP contribution is 2.32. The first-order chi connectivity index (χ1) is 13.0. The van der Waals surface area contributed by atoms with Gasteiger partial charge in [-0.2, -0.15) is 9.36 Å². The Hall–Kier alpha value is -2.98. The van der Waals surface area contributed by atoms with E-state index < -0.39 is 15.7 Å². The lowest BCUT2D eigenvalue weighted by Crippen LogP contribution is -2.12. The van der Waals surface area contributed by atoms with Crippen LogP contribution in [0.5, 0.6) is 11.5 Å². The molecular weight excluding hydrogens is 390 g/mol. The third-order valence-corrected chi connectivity index (χ3v) is 5.94. The average Bonchev–Trinajstić information content (AvgIpc) is 3.31. The van der Waals surface area contributed by atoms with E-state index in [1.807, 2.05) is 0 Å². The summed E-state index contributed by atoms with van der Waals surface area (Å²) in [7, 11) is -3.70. The molecule has 0 bridgehead atoms. The number of amides is 1. The van der Waals surface area contributed by atoms with E-state index in [2.05, 4.69) is 14.7 Å². The van der Waals surface area contributed by atoms with E-state index in [4.69, 9.17) is 9.47 Å². The zero-order valence-corrected chi connectivity index (χ0v) is 15.4. The predicted molar refractivity (Wildman–Crippen MR) is 97.8 cm³/mol. The number of nitrogens with one attached hydrogen (secondary N) is 1. The van der Waals surface area contributed by atoms with Gasteiger partial charge in [-0.15, -0.1) is 0 Å². The van der Waals surface area contributed by atoms with Crippen LogP contribution in [0.3, 0.4) is 0 Å².